The largest absolute Gasteiger partial charge is 0.479 e. The molecule has 3 aromatic rings. The van der Waals surface area contributed by atoms with Gasteiger partial charge in [-0.05, 0) is 43.3 Å². The molecule has 1 aromatic heterocycles. The van der Waals surface area contributed by atoms with Crippen molar-refractivity contribution in [2.45, 2.75) is 19.6 Å². The highest BCUT2D eigenvalue weighted by Crippen LogP contribution is 2.19. The molecule has 0 amide bonds. The molecule has 0 spiro atoms. The van der Waals surface area contributed by atoms with Gasteiger partial charge in [0.2, 0.25) is 5.89 Å². The molecule has 2 aromatic carbocycles. The zero-order chi connectivity index (χ0) is 17.6. The Labute approximate surface area is 152 Å². The number of halogens is 1. The van der Waals surface area contributed by atoms with Gasteiger partial charge in [0.05, 0.1) is 0 Å². The first-order valence-corrected chi connectivity index (χ1v) is 8.38. The molecule has 0 fully saturated rings. The van der Waals surface area contributed by atoms with E-state index in [1.807, 2.05) is 42.5 Å². The van der Waals surface area contributed by atoms with E-state index in [2.05, 4.69) is 26.1 Å². The minimum absolute atomic E-state index is 0.104. The van der Waals surface area contributed by atoms with Crippen LogP contribution in [0.5, 0.6) is 5.75 Å². The van der Waals surface area contributed by atoms with Crippen LogP contribution in [0.2, 0.25) is 0 Å². The standard InChI is InChI=1S/C18H15BrN2O4/c1-12(24-15-9-7-14(19)8-10-15)18(22)23-11-16-20-21-17(25-16)13-5-3-2-4-6-13/h2-10,12H,11H2,1H3/t12-/m1/s1. The molecular weight excluding hydrogens is 388 g/mol. The molecule has 6 nitrogen and oxygen atoms in total. The van der Waals surface area contributed by atoms with Crippen molar-refractivity contribution in [2.24, 2.45) is 0 Å². The number of hydrogen-bond donors (Lipinski definition) is 0. The lowest BCUT2D eigenvalue weighted by atomic mass is 10.2. The van der Waals surface area contributed by atoms with Crippen molar-refractivity contribution < 1.29 is 18.7 Å². The zero-order valence-electron chi connectivity index (χ0n) is 13.4. The van der Waals surface area contributed by atoms with Crippen molar-refractivity contribution in [3.63, 3.8) is 0 Å². The molecule has 1 atom stereocenters. The van der Waals surface area contributed by atoms with Crippen LogP contribution in [0.1, 0.15) is 12.8 Å². The summed E-state index contributed by atoms with van der Waals surface area (Å²) in [7, 11) is 0. The number of benzene rings is 2. The summed E-state index contributed by atoms with van der Waals surface area (Å²) in [5.74, 6) is 0.674. The molecule has 0 bridgehead atoms. The molecule has 0 saturated carbocycles. The van der Waals surface area contributed by atoms with Crippen LogP contribution in [0.3, 0.4) is 0 Å². The molecule has 0 aliphatic rings. The summed E-state index contributed by atoms with van der Waals surface area (Å²) in [6, 6.07) is 16.6. The summed E-state index contributed by atoms with van der Waals surface area (Å²) in [4.78, 5) is 12.0. The third-order valence-electron chi connectivity index (χ3n) is 3.28. The fraction of sp³-hybridized carbons (Fsp3) is 0.167. The fourth-order valence-corrected chi connectivity index (χ4v) is 2.29. The molecule has 7 heteroatoms. The van der Waals surface area contributed by atoms with Crippen molar-refractivity contribution in [1.82, 2.24) is 10.2 Å². The van der Waals surface area contributed by atoms with Crippen LogP contribution >= 0.6 is 15.9 Å². The lowest BCUT2D eigenvalue weighted by molar-refractivity contribution is -0.153. The summed E-state index contributed by atoms with van der Waals surface area (Å²) < 4.78 is 17.1. The number of hydrogen-bond acceptors (Lipinski definition) is 6. The van der Waals surface area contributed by atoms with E-state index in [9.17, 15) is 4.79 Å². The second-order valence-electron chi connectivity index (χ2n) is 5.19. The molecular formula is C18H15BrN2O4. The zero-order valence-corrected chi connectivity index (χ0v) is 15.0. The number of rotatable bonds is 6. The van der Waals surface area contributed by atoms with Crippen molar-refractivity contribution in [2.75, 3.05) is 0 Å². The minimum Gasteiger partial charge on any atom is -0.479 e. The topological polar surface area (TPSA) is 74.5 Å². The van der Waals surface area contributed by atoms with Crippen LogP contribution in [0.15, 0.2) is 63.5 Å². The Kier molecular flexibility index (Phi) is 5.45. The Morgan fingerprint density at radius 1 is 1.12 bits per heavy atom. The van der Waals surface area contributed by atoms with Gasteiger partial charge in [-0.25, -0.2) is 4.79 Å². The maximum absolute atomic E-state index is 12.0. The molecule has 0 unspecified atom stereocenters. The molecule has 0 saturated heterocycles. The Morgan fingerprint density at radius 3 is 2.56 bits per heavy atom. The highest BCUT2D eigenvalue weighted by molar-refractivity contribution is 9.10. The third kappa shape index (κ3) is 4.67. The quantitative estimate of drug-likeness (QED) is 0.579. The van der Waals surface area contributed by atoms with E-state index < -0.39 is 12.1 Å². The lowest BCUT2D eigenvalue weighted by Crippen LogP contribution is -2.26. The first kappa shape index (κ1) is 17.2. The van der Waals surface area contributed by atoms with E-state index >= 15 is 0 Å². The molecule has 0 radical (unpaired) electrons. The Balaban J connectivity index is 1.53. The average molecular weight is 403 g/mol. The predicted molar refractivity (Wildman–Crippen MR) is 93.8 cm³/mol. The predicted octanol–water partition coefficient (Wildman–Crippen LogP) is 4.01. The van der Waals surface area contributed by atoms with E-state index in [1.54, 1.807) is 19.1 Å². The normalized spacial score (nSPS) is 11.8. The number of ether oxygens (including phenoxy) is 2. The van der Waals surface area contributed by atoms with Gasteiger partial charge in [-0.1, -0.05) is 34.1 Å². The summed E-state index contributed by atoms with van der Waals surface area (Å²) in [5.41, 5.74) is 0.805. The lowest BCUT2D eigenvalue weighted by Gasteiger charge is -2.13. The fourth-order valence-electron chi connectivity index (χ4n) is 2.02. The van der Waals surface area contributed by atoms with Gasteiger partial charge in [-0.3, -0.25) is 0 Å². The highest BCUT2D eigenvalue weighted by Gasteiger charge is 2.18. The van der Waals surface area contributed by atoms with E-state index in [4.69, 9.17) is 13.9 Å². The van der Waals surface area contributed by atoms with Crippen molar-refractivity contribution >= 4 is 21.9 Å². The van der Waals surface area contributed by atoms with Crippen LogP contribution in [0.4, 0.5) is 0 Å². The molecule has 3 rings (SSSR count). The van der Waals surface area contributed by atoms with Crippen LogP contribution in [-0.4, -0.2) is 22.3 Å². The molecule has 0 N–H and O–H groups in total. The van der Waals surface area contributed by atoms with Crippen LogP contribution in [0, 0.1) is 0 Å². The minimum atomic E-state index is -0.752. The SMILES string of the molecule is C[C@@H](Oc1ccc(Br)cc1)C(=O)OCc1nnc(-c2ccccc2)o1. The Morgan fingerprint density at radius 2 is 1.84 bits per heavy atom. The highest BCUT2D eigenvalue weighted by atomic mass is 79.9. The van der Waals surface area contributed by atoms with Crippen molar-refractivity contribution in [1.29, 1.82) is 0 Å². The van der Waals surface area contributed by atoms with Crippen molar-refractivity contribution in [3.05, 3.63) is 65.0 Å². The van der Waals surface area contributed by atoms with Crippen LogP contribution in [-0.2, 0) is 16.1 Å². The maximum Gasteiger partial charge on any atom is 0.347 e. The van der Waals surface area contributed by atoms with E-state index in [-0.39, 0.29) is 12.5 Å². The molecule has 128 valence electrons. The smallest absolute Gasteiger partial charge is 0.347 e. The summed E-state index contributed by atoms with van der Waals surface area (Å²) in [5, 5.41) is 7.82. The summed E-state index contributed by atoms with van der Waals surface area (Å²) >= 11 is 3.34. The first-order valence-electron chi connectivity index (χ1n) is 7.58. The van der Waals surface area contributed by atoms with Gasteiger partial charge in [0, 0.05) is 10.0 Å². The van der Waals surface area contributed by atoms with Crippen molar-refractivity contribution in [3.8, 4) is 17.2 Å². The molecule has 0 aliphatic carbocycles. The van der Waals surface area contributed by atoms with E-state index in [0.717, 1.165) is 10.0 Å². The van der Waals surface area contributed by atoms with Gasteiger partial charge in [0.25, 0.3) is 5.89 Å². The number of nitrogens with zero attached hydrogens (tertiary/aromatic N) is 2. The summed E-state index contributed by atoms with van der Waals surface area (Å²) in [6.45, 7) is 1.51. The first-order chi connectivity index (χ1) is 12.1. The second-order valence-corrected chi connectivity index (χ2v) is 6.10. The van der Waals surface area contributed by atoms with Gasteiger partial charge >= 0.3 is 5.97 Å². The number of carbonyl (C=O) groups excluding carboxylic acids is 1. The Bertz CT molecular complexity index is 834. The third-order valence-corrected chi connectivity index (χ3v) is 3.81. The number of esters is 1. The molecule has 25 heavy (non-hydrogen) atoms. The number of aromatic nitrogens is 2. The van der Waals surface area contributed by atoms with Gasteiger partial charge in [-0.15, -0.1) is 10.2 Å². The second kappa shape index (κ2) is 7.94. The van der Waals surface area contributed by atoms with Gasteiger partial charge in [0.1, 0.15) is 5.75 Å². The van der Waals surface area contributed by atoms with Gasteiger partial charge < -0.3 is 13.9 Å². The van der Waals surface area contributed by atoms with E-state index in [0.29, 0.717) is 11.6 Å². The molecule has 1 heterocycles. The summed E-state index contributed by atoms with van der Waals surface area (Å²) in [6.07, 6.45) is -0.752. The maximum atomic E-state index is 12.0. The van der Waals surface area contributed by atoms with Crippen LogP contribution < -0.4 is 4.74 Å². The van der Waals surface area contributed by atoms with Gasteiger partial charge in [0.15, 0.2) is 12.7 Å². The van der Waals surface area contributed by atoms with E-state index in [1.165, 1.54) is 0 Å². The van der Waals surface area contributed by atoms with Gasteiger partial charge in [-0.2, -0.15) is 0 Å². The molecule has 0 aliphatic heterocycles. The number of carbonyl (C=O) groups is 1. The Hall–Kier alpha value is -2.67. The monoisotopic (exact) mass is 402 g/mol. The van der Waals surface area contributed by atoms with Crippen LogP contribution in [0.25, 0.3) is 11.5 Å². The average Bonchev–Trinajstić information content (AvgIpc) is 3.11.